The van der Waals surface area contributed by atoms with E-state index in [9.17, 15) is 0 Å². The fourth-order valence-corrected chi connectivity index (χ4v) is 13.5. The molecule has 2 heteroatoms. The molecule has 1 nitrogen and oxygen atoms in total. The summed E-state index contributed by atoms with van der Waals surface area (Å²) in [6, 6.07) is 99.7. The van der Waals surface area contributed by atoms with Crippen molar-refractivity contribution in [3.63, 3.8) is 0 Å². The van der Waals surface area contributed by atoms with E-state index in [0.29, 0.717) is 0 Å². The Morgan fingerprint density at radius 3 is 1.58 bits per heavy atom. The summed E-state index contributed by atoms with van der Waals surface area (Å²) in [5, 5.41) is 2.61. The number of hydrogen-bond donors (Lipinski definition) is 0. The zero-order valence-electron chi connectivity index (χ0n) is 39.3. The second-order valence-corrected chi connectivity index (χ2v) is 20.4. The highest BCUT2D eigenvalue weighted by Gasteiger charge is 2.47. The molecule has 71 heavy (non-hydrogen) atoms. The van der Waals surface area contributed by atoms with Crippen molar-refractivity contribution >= 4 is 48.6 Å². The molecule has 0 aliphatic heterocycles. The zero-order chi connectivity index (χ0) is 47.1. The van der Waals surface area contributed by atoms with Gasteiger partial charge in [0.25, 0.3) is 0 Å². The number of fused-ring (bicyclic) bond motifs is 9. The van der Waals surface area contributed by atoms with Crippen LogP contribution in [-0.4, -0.2) is 0 Å². The topological polar surface area (TPSA) is 3.24 Å². The average Bonchev–Trinajstić information content (AvgIpc) is 4.06. The third kappa shape index (κ3) is 6.24. The van der Waals surface area contributed by atoms with Crippen LogP contribution in [0.15, 0.2) is 267 Å². The van der Waals surface area contributed by atoms with Crippen LogP contribution < -0.4 is 4.90 Å². The molecule has 1 aromatic heterocycles. The molecule has 2 aliphatic rings. The van der Waals surface area contributed by atoms with Crippen LogP contribution in [0.4, 0.5) is 17.1 Å². The molecule has 0 radical (unpaired) electrons. The largest absolute Gasteiger partial charge is 0.310 e. The summed E-state index contributed by atoms with van der Waals surface area (Å²) in [7, 11) is 0. The molecule has 0 bridgehead atoms. The van der Waals surface area contributed by atoms with Crippen LogP contribution >= 0.6 is 11.3 Å². The highest BCUT2D eigenvalue weighted by molar-refractivity contribution is 7.25. The molecule has 334 valence electrons. The highest BCUT2D eigenvalue weighted by Crippen LogP contribution is 2.59. The quantitative estimate of drug-likeness (QED) is 0.147. The van der Waals surface area contributed by atoms with Gasteiger partial charge in [-0.25, -0.2) is 0 Å². The smallest absolute Gasteiger partial charge is 0.0714 e. The number of hydrogen-bond acceptors (Lipinski definition) is 2. The first-order chi connectivity index (χ1) is 35.1. The maximum Gasteiger partial charge on any atom is 0.0714 e. The number of nitrogens with zero attached hydrogens (tertiary/aromatic N) is 1. The Kier molecular flexibility index (Phi) is 9.49. The lowest BCUT2D eigenvalue weighted by molar-refractivity contribution is 0.714. The van der Waals surface area contributed by atoms with Gasteiger partial charge in [-0.1, -0.05) is 212 Å². The van der Waals surface area contributed by atoms with Crippen LogP contribution in [0.2, 0.25) is 0 Å². The number of rotatable bonds is 8. The lowest BCUT2D eigenvalue weighted by Gasteiger charge is -2.35. The summed E-state index contributed by atoms with van der Waals surface area (Å²) in [4.78, 5) is 2.51. The second-order valence-electron chi connectivity index (χ2n) is 19.3. The monoisotopic (exact) mass is 921 g/mol. The van der Waals surface area contributed by atoms with Gasteiger partial charge in [-0.3, -0.25) is 0 Å². The van der Waals surface area contributed by atoms with Crippen molar-refractivity contribution in [3.05, 3.63) is 306 Å². The molecule has 0 N–H and O–H groups in total. The molecule has 0 saturated heterocycles. The highest BCUT2D eigenvalue weighted by atomic mass is 32.1. The normalized spacial score (nSPS) is 15.0. The van der Waals surface area contributed by atoms with E-state index in [0.717, 1.165) is 17.1 Å². The van der Waals surface area contributed by atoms with Gasteiger partial charge < -0.3 is 4.90 Å². The first-order valence-corrected chi connectivity index (χ1v) is 25.5. The number of anilines is 3. The number of thiophene rings is 1. The standard InChI is InChI=1S/C69H47NS/c1-68(49-23-8-3-9-24-49)62-34-19-32-55(46-20-6-2-7-21-46)67(62)59-40-38-53(44-63(59)68)70(52-29-18-22-47(42-52)48-36-41-66-60(43-48)58-31-15-17-35-65(58)71-66)54-37-39-57-56-30-14-16-33-61(56)69(64(57)45-54,50-25-10-4-11-26-50)51-27-12-5-13-28-51/h2-45H,1H3. The van der Waals surface area contributed by atoms with Crippen molar-refractivity contribution in [1.82, 2.24) is 0 Å². The maximum absolute atomic E-state index is 2.51. The predicted molar refractivity (Wildman–Crippen MR) is 300 cm³/mol. The lowest BCUT2D eigenvalue weighted by Crippen LogP contribution is -2.28. The van der Waals surface area contributed by atoms with Gasteiger partial charge in [0.1, 0.15) is 0 Å². The Balaban J connectivity index is 1.02. The van der Waals surface area contributed by atoms with E-state index < -0.39 is 10.8 Å². The van der Waals surface area contributed by atoms with E-state index in [4.69, 9.17) is 0 Å². The molecule has 0 amide bonds. The molecule has 14 rings (SSSR count). The van der Waals surface area contributed by atoms with E-state index in [2.05, 4.69) is 279 Å². The van der Waals surface area contributed by atoms with Crippen LogP contribution in [0, 0.1) is 0 Å². The Bertz CT molecular complexity index is 3960. The molecule has 12 aromatic rings. The van der Waals surface area contributed by atoms with E-state index >= 15 is 0 Å². The van der Waals surface area contributed by atoms with Crippen LogP contribution in [0.1, 0.15) is 45.9 Å². The van der Waals surface area contributed by atoms with Crippen LogP contribution in [0.5, 0.6) is 0 Å². The lowest BCUT2D eigenvalue weighted by atomic mass is 9.67. The van der Waals surface area contributed by atoms with E-state index in [1.165, 1.54) is 104 Å². The molecule has 1 heterocycles. The van der Waals surface area contributed by atoms with Crippen molar-refractivity contribution in [1.29, 1.82) is 0 Å². The van der Waals surface area contributed by atoms with Gasteiger partial charge in [-0.2, -0.15) is 0 Å². The van der Waals surface area contributed by atoms with E-state index in [1.54, 1.807) is 0 Å². The van der Waals surface area contributed by atoms with Gasteiger partial charge in [0.15, 0.2) is 0 Å². The number of benzene rings is 11. The Morgan fingerprint density at radius 1 is 0.310 bits per heavy atom. The molecule has 0 spiro atoms. The van der Waals surface area contributed by atoms with Crippen molar-refractivity contribution in [2.75, 3.05) is 4.90 Å². The van der Waals surface area contributed by atoms with Gasteiger partial charge in [0.05, 0.1) is 5.41 Å². The summed E-state index contributed by atoms with van der Waals surface area (Å²) in [6.45, 7) is 2.43. The molecule has 0 fully saturated rings. The van der Waals surface area contributed by atoms with Crippen LogP contribution in [-0.2, 0) is 10.8 Å². The van der Waals surface area contributed by atoms with E-state index in [1.807, 2.05) is 11.3 Å². The fraction of sp³-hybridized carbons (Fsp3) is 0.0435. The molecule has 1 unspecified atom stereocenters. The molecule has 0 saturated carbocycles. The van der Waals surface area contributed by atoms with Crippen LogP contribution in [0.3, 0.4) is 0 Å². The Labute approximate surface area is 419 Å². The Hall–Kier alpha value is -8.56. The fourth-order valence-electron chi connectivity index (χ4n) is 12.4. The molecular weight excluding hydrogens is 875 g/mol. The minimum Gasteiger partial charge on any atom is -0.310 e. The van der Waals surface area contributed by atoms with Crippen molar-refractivity contribution in [3.8, 4) is 44.5 Å². The van der Waals surface area contributed by atoms with Crippen molar-refractivity contribution < 1.29 is 0 Å². The van der Waals surface area contributed by atoms with Crippen molar-refractivity contribution in [2.45, 2.75) is 17.8 Å². The summed E-state index contributed by atoms with van der Waals surface area (Å²) in [5.41, 5.74) is 21.3. The third-order valence-corrected chi connectivity index (χ3v) is 16.8. The zero-order valence-corrected chi connectivity index (χ0v) is 40.1. The molecule has 11 aromatic carbocycles. The minimum atomic E-state index is -0.546. The molecule has 2 aliphatic carbocycles. The van der Waals surface area contributed by atoms with E-state index in [-0.39, 0.29) is 0 Å². The maximum atomic E-state index is 2.51. The van der Waals surface area contributed by atoms with Crippen molar-refractivity contribution in [2.24, 2.45) is 0 Å². The second kappa shape index (κ2) is 16.3. The summed E-state index contributed by atoms with van der Waals surface area (Å²) >= 11 is 1.86. The first-order valence-electron chi connectivity index (χ1n) is 24.7. The summed E-state index contributed by atoms with van der Waals surface area (Å²) < 4.78 is 2.63. The van der Waals surface area contributed by atoms with Gasteiger partial charge in [0, 0.05) is 42.6 Å². The predicted octanol–water partition coefficient (Wildman–Crippen LogP) is 18.6. The molecular formula is C69H47NS. The molecule has 1 atom stereocenters. The van der Waals surface area contributed by atoms with Gasteiger partial charge in [0.2, 0.25) is 0 Å². The average molecular weight is 922 g/mol. The summed E-state index contributed by atoms with van der Waals surface area (Å²) in [6.07, 6.45) is 0. The first kappa shape index (κ1) is 41.4. The van der Waals surface area contributed by atoms with Gasteiger partial charge >= 0.3 is 0 Å². The van der Waals surface area contributed by atoms with Gasteiger partial charge in [-0.15, -0.1) is 11.3 Å². The minimum absolute atomic E-state index is 0.422. The van der Waals surface area contributed by atoms with Gasteiger partial charge in [-0.05, 0) is 145 Å². The van der Waals surface area contributed by atoms with Crippen LogP contribution in [0.25, 0.3) is 64.7 Å². The third-order valence-electron chi connectivity index (χ3n) is 15.6. The SMILES string of the molecule is CC1(c2ccccc2)c2cc(N(c3cccc(-c4ccc5sc6ccccc6c5c4)c3)c3ccc4c(c3)C(c3ccccc3)(c3ccccc3)c3ccccc3-4)ccc2-c2c(-c3ccccc3)cccc21. The summed E-state index contributed by atoms with van der Waals surface area (Å²) in [5.74, 6) is 0. The Morgan fingerprint density at radius 2 is 0.831 bits per heavy atom.